The molecule has 1 heterocycles. The van der Waals surface area contributed by atoms with E-state index < -0.39 is 5.91 Å². The van der Waals surface area contributed by atoms with Gasteiger partial charge in [-0.15, -0.1) is 0 Å². The Morgan fingerprint density at radius 2 is 2.11 bits per heavy atom. The van der Waals surface area contributed by atoms with Gasteiger partial charge >= 0.3 is 0 Å². The lowest BCUT2D eigenvalue weighted by Gasteiger charge is -2.24. The van der Waals surface area contributed by atoms with Crippen LogP contribution in [0.5, 0.6) is 0 Å². The summed E-state index contributed by atoms with van der Waals surface area (Å²) in [6.45, 7) is 4.61. The van der Waals surface area contributed by atoms with Crippen molar-refractivity contribution in [1.82, 2.24) is 15.3 Å². The first kappa shape index (κ1) is 15.1. The predicted molar refractivity (Wildman–Crippen MR) is 70.6 cm³/mol. The molecule has 1 aromatic rings. The molecule has 0 saturated heterocycles. The highest BCUT2D eigenvalue weighted by Gasteiger charge is 2.13. The summed E-state index contributed by atoms with van der Waals surface area (Å²) in [5, 5.41) is 0. The number of nitrogen functional groups attached to an aromatic ring is 1. The summed E-state index contributed by atoms with van der Waals surface area (Å²) in [7, 11) is 0. The van der Waals surface area contributed by atoms with Crippen LogP contribution < -0.4 is 17.0 Å². The van der Waals surface area contributed by atoms with E-state index in [0.29, 0.717) is 12.1 Å². The van der Waals surface area contributed by atoms with Crippen molar-refractivity contribution in [2.24, 2.45) is 11.6 Å². The van der Waals surface area contributed by atoms with Gasteiger partial charge < -0.3 is 5.73 Å². The number of nitrogens with zero attached hydrogens (tertiary/aromatic N) is 2. The fraction of sp³-hybridized carbons (Fsp3) is 0.417. The summed E-state index contributed by atoms with van der Waals surface area (Å²) in [6, 6.07) is 3.52. The molecule has 0 bridgehead atoms. The number of rotatable bonds is 6. The van der Waals surface area contributed by atoms with Crippen LogP contribution in [0.4, 0.5) is 0 Å². The molecule has 0 aliphatic rings. The third-order valence-corrected chi connectivity index (χ3v) is 2.67. The summed E-state index contributed by atoms with van der Waals surface area (Å²) in [4.78, 5) is 28.3. The lowest BCUT2D eigenvalue weighted by Crippen LogP contribution is -2.38. The van der Waals surface area contributed by atoms with Gasteiger partial charge in [0.2, 0.25) is 5.91 Å². The molecule has 0 atom stereocenters. The molecule has 0 aliphatic heterocycles. The second-order valence-corrected chi connectivity index (χ2v) is 4.48. The van der Waals surface area contributed by atoms with Gasteiger partial charge in [0.15, 0.2) is 0 Å². The zero-order chi connectivity index (χ0) is 14.4. The van der Waals surface area contributed by atoms with Crippen molar-refractivity contribution in [1.29, 1.82) is 0 Å². The Morgan fingerprint density at radius 3 is 2.53 bits per heavy atom. The number of amides is 2. The number of carbonyl (C=O) groups is 2. The second kappa shape index (κ2) is 6.81. The largest absolute Gasteiger partial charge is 0.369 e. The fourth-order valence-electron chi connectivity index (χ4n) is 1.56. The molecule has 0 aliphatic carbocycles. The Hall–Kier alpha value is -1.99. The van der Waals surface area contributed by atoms with Gasteiger partial charge in [0.25, 0.3) is 5.91 Å². The van der Waals surface area contributed by atoms with Crippen LogP contribution in [0, 0.1) is 0 Å². The average Bonchev–Trinajstić information content (AvgIpc) is 2.37. The molecule has 0 unspecified atom stereocenters. The third-order valence-electron chi connectivity index (χ3n) is 2.67. The van der Waals surface area contributed by atoms with Crippen LogP contribution in [0.15, 0.2) is 18.3 Å². The highest BCUT2D eigenvalue weighted by molar-refractivity contribution is 5.93. The molecule has 5 N–H and O–H groups in total. The van der Waals surface area contributed by atoms with E-state index in [1.807, 2.05) is 24.2 Å². The smallest absolute Gasteiger partial charge is 0.266 e. The molecule has 0 spiro atoms. The van der Waals surface area contributed by atoms with E-state index in [0.717, 1.165) is 5.69 Å². The van der Waals surface area contributed by atoms with Gasteiger partial charge in [-0.3, -0.25) is 24.9 Å². The second-order valence-electron chi connectivity index (χ2n) is 4.48. The molecule has 1 aromatic heterocycles. The minimum atomic E-state index is -0.392. The monoisotopic (exact) mass is 265 g/mol. The van der Waals surface area contributed by atoms with Gasteiger partial charge in [-0.05, 0) is 26.0 Å². The minimum Gasteiger partial charge on any atom is -0.369 e. The van der Waals surface area contributed by atoms with Gasteiger partial charge in [0.05, 0.1) is 17.8 Å². The number of nitrogens with two attached hydrogens (primary N) is 2. The Bertz CT molecular complexity index is 444. The van der Waals surface area contributed by atoms with E-state index in [9.17, 15) is 9.59 Å². The van der Waals surface area contributed by atoms with Crippen molar-refractivity contribution in [3.63, 3.8) is 0 Å². The molecule has 104 valence electrons. The molecule has 0 fully saturated rings. The normalized spacial score (nSPS) is 10.8. The van der Waals surface area contributed by atoms with E-state index >= 15 is 0 Å². The van der Waals surface area contributed by atoms with Crippen molar-refractivity contribution in [3.8, 4) is 0 Å². The molecular weight excluding hydrogens is 246 g/mol. The lowest BCUT2D eigenvalue weighted by molar-refractivity contribution is -0.119. The van der Waals surface area contributed by atoms with Crippen LogP contribution in [0.3, 0.4) is 0 Å². The topological polar surface area (TPSA) is 114 Å². The number of aromatic nitrogens is 1. The molecule has 0 aromatic carbocycles. The molecule has 19 heavy (non-hydrogen) atoms. The molecule has 7 heteroatoms. The van der Waals surface area contributed by atoms with Crippen LogP contribution in [0.2, 0.25) is 0 Å². The Morgan fingerprint density at radius 1 is 1.42 bits per heavy atom. The van der Waals surface area contributed by atoms with Gasteiger partial charge in [0.1, 0.15) is 0 Å². The maximum atomic E-state index is 11.3. The van der Waals surface area contributed by atoms with Crippen LogP contribution >= 0.6 is 0 Å². The third kappa shape index (κ3) is 4.65. The fourth-order valence-corrected chi connectivity index (χ4v) is 1.56. The standard InChI is InChI=1S/C12H19N5O2/c1-8(2)17(7-11(13)18)6-10-4-3-9(5-15-10)12(19)16-14/h3-5,8H,6-7,14H2,1-2H3,(H2,13,18)(H,16,19). The van der Waals surface area contributed by atoms with E-state index in [1.165, 1.54) is 6.20 Å². The van der Waals surface area contributed by atoms with Gasteiger partial charge in [0, 0.05) is 18.8 Å². The number of primary amides is 1. The van der Waals surface area contributed by atoms with E-state index in [-0.39, 0.29) is 18.5 Å². The van der Waals surface area contributed by atoms with Gasteiger partial charge in [-0.1, -0.05) is 0 Å². The summed E-state index contributed by atoms with van der Waals surface area (Å²) in [5.74, 6) is 4.26. The molecule has 0 radical (unpaired) electrons. The van der Waals surface area contributed by atoms with Crippen molar-refractivity contribution >= 4 is 11.8 Å². The van der Waals surface area contributed by atoms with Crippen molar-refractivity contribution in [2.45, 2.75) is 26.4 Å². The Balaban J connectivity index is 2.74. The summed E-state index contributed by atoms with van der Waals surface area (Å²) < 4.78 is 0. The van der Waals surface area contributed by atoms with Crippen LogP contribution in [0.25, 0.3) is 0 Å². The number of nitrogens with one attached hydrogen (secondary N) is 1. The molecular formula is C12H19N5O2. The first-order chi connectivity index (χ1) is 8.93. The van der Waals surface area contributed by atoms with E-state index in [4.69, 9.17) is 11.6 Å². The number of hydrogen-bond acceptors (Lipinski definition) is 5. The highest BCUT2D eigenvalue weighted by atomic mass is 16.2. The van der Waals surface area contributed by atoms with Gasteiger partial charge in [-0.2, -0.15) is 0 Å². The van der Waals surface area contributed by atoms with Crippen LogP contribution in [0.1, 0.15) is 29.9 Å². The summed E-state index contributed by atoms with van der Waals surface area (Å²) in [6.07, 6.45) is 1.44. The first-order valence-electron chi connectivity index (χ1n) is 5.92. The Kier molecular flexibility index (Phi) is 5.40. The van der Waals surface area contributed by atoms with Crippen molar-refractivity contribution in [2.75, 3.05) is 6.54 Å². The summed E-state index contributed by atoms with van der Waals surface area (Å²) >= 11 is 0. The molecule has 7 nitrogen and oxygen atoms in total. The first-order valence-corrected chi connectivity index (χ1v) is 5.92. The number of pyridine rings is 1. The maximum Gasteiger partial charge on any atom is 0.266 e. The zero-order valence-corrected chi connectivity index (χ0v) is 11.1. The summed E-state index contributed by atoms with van der Waals surface area (Å²) in [5.41, 5.74) is 8.37. The molecule has 1 rings (SSSR count). The van der Waals surface area contributed by atoms with Crippen molar-refractivity contribution < 1.29 is 9.59 Å². The molecule has 0 saturated carbocycles. The minimum absolute atomic E-state index is 0.168. The predicted octanol–water partition coefficient (Wildman–Crippen LogP) is -0.619. The maximum absolute atomic E-state index is 11.3. The number of carbonyl (C=O) groups excluding carboxylic acids is 2. The zero-order valence-electron chi connectivity index (χ0n) is 11.1. The average molecular weight is 265 g/mol. The van der Waals surface area contributed by atoms with Crippen LogP contribution in [-0.4, -0.2) is 34.3 Å². The van der Waals surface area contributed by atoms with Crippen molar-refractivity contribution in [3.05, 3.63) is 29.6 Å². The number of hydrazine groups is 1. The van der Waals surface area contributed by atoms with Crippen LogP contribution in [-0.2, 0) is 11.3 Å². The quantitative estimate of drug-likeness (QED) is 0.360. The SMILES string of the molecule is CC(C)N(CC(N)=O)Cc1ccc(C(=O)NN)cn1. The van der Waals surface area contributed by atoms with Gasteiger partial charge in [-0.25, -0.2) is 5.84 Å². The highest BCUT2D eigenvalue weighted by Crippen LogP contribution is 2.07. The molecule has 2 amide bonds. The number of hydrogen-bond donors (Lipinski definition) is 3. The lowest BCUT2D eigenvalue weighted by atomic mass is 10.2. The Labute approximate surface area is 111 Å². The van der Waals surface area contributed by atoms with E-state index in [2.05, 4.69) is 4.98 Å². The van der Waals surface area contributed by atoms with E-state index in [1.54, 1.807) is 12.1 Å².